The minimum absolute atomic E-state index is 0.0207. The predicted octanol–water partition coefficient (Wildman–Crippen LogP) is 3.89. The normalized spacial score (nSPS) is 18.0. The number of hydrogen-bond acceptors (Lipinski definition) is 4. The average molecular weight is 402 g/mol. The Labute approximate surface area is 173 Å². The first-order valence-corrected chi connectivity index (χ1v) is 9.54. The van der Waals surface area contributed by atoms with Gasteiger partial charge in [0.05, 0.1) is 11.6 Å². The molecule has 5 nitrogen and oxygen atoms in total. The van der Waals surface area contributed by atoms with E-state index >= 15 is 0 Å². The Bertz CT molecular complexity index is 1100. The second-order valence-electron chi connectivity index (χ2n) is 7.02. The van der Waals surface area contributed by atoms with Gasteiger partial charge in [-0.25, -0.2) is 4.39 Å². The number of aliphatic hydroxyl groups is 1. The molecule has 6 heteroatoms. The van der Waals surface area contributed by atoms with E-state index in [1.807, 2.05) is 30.3 Å². The molecule has 0 saturated carbocycles. The first-order chi connectivity index (χ1) is 14.6. The summed E-state index contributed by atoms with van der Waals surface area (Å²) in [4.78, 5) is 31.3. The maximum absolute atomic E-state index is 13.3. The summed E-state index contributed by atoms with van der Waals surface area (Å²) in [5.41, 5.74) is 1.90. The van der Waals surface area contributed by atoms with Crippen molar-refractivity contribution in [3.05, 3.63) is 107 Å². The zero-order valence-electron chi connectivity index (χ0n) is 16.0. The SMILES string of the molecule is O=C1C(=O)N(CCc2ccccc2)C(c2cccnc2)/C1=C(\O)c1ccc(F)cc1. The van der Waals surface area contributed by atoms with Crippen molar-refractivity contribution in [1.29, 1.82) is 0 Å². The van der Waals surface area contributed by atoms with Gasteiger partial charge in [0.25, 0.3) is 11.7 Å². The van der Waals surface area contributed by atoms with Crippen molar-refractivity contribution in [3.8, 4) is 0 Å². The number of amides is 1. The zero-order valence-corrected chi connectivity index (χ0v) is 16.0. The molecule has 1 fully saturated rings. The molecule has 4 rings (SSSR count). The van der Waals surface area contributed by atoms with Crippen LogP contribution in [-0.2, 0) is 16.0 Å². The van der Waals surface area contributed by atoms with Crippen molar-refractivity contribution in [1.82, 2.24) is 9.88 Å². The third kappa shape index (κ3) is 3.72. The molecule has 1 aliphatic rings. The molecule has 1 aliphatic heterocycles. The Kier molecular flexibility index (Phi) is 5.39. The van der Waals surface area contributed by atoms with E-state index in [1.54, 1.807) is 24.5 Å². The number of likely N-dealkylation sites (tertiary alicyclic amines) is 1. The minimum Gasteiger partial charge on any atom is -0.507 e. The topological polar surface area (TPSA) is 70.5 Å². The number of halogens is 1. The lowest BCUT2D eigenvalue weighted by Gasteiger charge is -2.25. The number of benzene rings is 2. The molecule has 0 bridgehead atoms. The van der Waals surface area contributed by atoms with Crippen molar-refractivity contribution in [2.75, 3.05) is 6.54 Å². The molecule has 1 atom stereocenters. The number of rotatable bonds is 5. The Balaban J connectivity index is 1.76. The minimum atomic E-state index is -0.771. The van der Waals surface area contributed by atoms with Gasteiger partial charge < -0.3 is 10.0 Å². The van der Waals surface area contributed by atoms with Crippen LogP contribution in [0.2, 0.25) is 0 Å². The molecule has 1 unspecified atom stereocenters. The molecule has 1 aromatic heterocycles. The van der Waals surface area contributed by atoms with Crippen molar-refractivity contribution >= 4 is 17.4 Å². The number of carbonyl (C=O) groups excluding carboxylic acids is 2. The van der Waals surface area contributed by atoms with Gasteiger partial charge in [0.1, 0.15) is 11.6 Å². The molecule has 0 radical (unpaired) electrons. The first-order valence-electron chi connectivity index (χ1n) is 9.54. The van der Waals surface area contributed by atoms with Gasteiger partial charge in [0.15, 0.2) is 0 Å². The van der Waals surface area contributed by atoms with Gasteiger partial charge in [0.2, 0.25) is 0 Å². The lowest BCUT2D eigenvalue weighted by Crippen LogP contribution is -2.31. The highest BCUT2D eigenvalue weighted by atomic mass is 19.1. The highest BCUT2D eigenvalue weighted by molar-refractivity contribution is 6.46. The second-order valence-corrected chi connectivity index (χ2v) is 7.02. The number of aromatic nitrogens is 1. The van der Waals surface area contributed by atoms with E-state index in [0.717, 1.165) is 5.56 Å². The number of nitrogens with zero attached hydrogens (tertiary/aromatic N) is 2. The molecule has 30 heavy (non-hydrogen) atoms. The summed E-state index contributed by atoms with van der Waals surface area (Å²) < 4.78 is 13.3. The van der Waals surface area contributed by atoms with Crippen LogP contribution in [0.4, 0.5) is 4.39 Å². The molecule has 2 aromatic carbocycles. The number of pyridine rings is 1. The monoisotopic (exact) mass is 402 g/mol. The Morgan fingerprint density at radius 2 is 1.73 bits per heavy atom. The fraction of sp³-hybridized carbons (Fsp3) is 0.125. The predicted molar refractivity (Wildman–Crippen MR) is 110 cm³/mol. The van der Waals surface area contributed by atoms with E-state index in [9.17, 15) is 19.1 Å². The van der Waals surface area contributed by atoms with Crippen LogP contribution in [0.15, 0.2) is 84.7 Å². The van der Waals surface area contributed by atoms with Crippen LogP contribution in [0.25, 0.3) is 5.76 Å². The fourth-order valence-electron chi connectivity index (χ4n) is 3.65. The first kappa shape index (κ1) is 19.5. The molecule has 150 valence electrons. The Morgan fingerprint density at radius 3 is 2.40 bits per heavy atom. The summed E-state index contributed by atoms with van der Waals surface area (Å²) in [5.74, 6) is -2.23. The highest BCUT2D eigenvalue weighted by Crippen LogP contribution is 2.39. The van der Waals surface area contributed by atoms with E-state index in [0.29, 0.717) is 18.5 Å². The number of aliphatic hydroxyl groups excluding tert-OH is 1. The standard InChI is InChI=1S/C24H19FN2O3/c25-19-10-8-17(9-11-19)22(28)20-21(18-7-4-13-26-15-18)27(24(30)23(20)29)14-12-16-5-2-1-3-6-16/h1-11,13,15,21,28H,12,14H2/b22-20+. The summed E-state index contributed by atoms with van der Waals surface area (Å²) in [6.07, 6.45) is 3.73. The average Bonchev–Trinajstić information content (AvgIpc) is 3.04. The van der Waals surface area contributed by atoms with E-state index in [1.165, 1.54) is 29.2 Å². The summed E-state index contributed by atoms with van der Waals surface area (Å²) in [7, 11) is 0. The van der Waals surface area contributed by atoms with Crippen LogP contribution in [0.3, 0.4) is 0 Å². The fourth-order valence-corrected chi connectivity index (χ4v) is 3.65. The summed E-state index contributed by atoms with van der Waals surface area (Å²) in [6, 6.07) is 17.5. The van der Waals surface area contributed by atoms with Crippen LogP contribution < -0.4 is 0 Å². The smallest absolute Gasteiger partial charge is 0.295 e. The van der Waals surface area contributed by atoms with Gasteiger partial charge >= 0.3 is 0 Å². The molecule has 1 saturated heterocycles. The largest absolute Gasteiger partial charge is 0.507 e. The van der Waals surface area contributed by atoms with Gasteiger partial charge in [0, 0.05) is 24.5 Å². The van der Waals surface area contributed by atoms with Crippen molar-refractivity contribution < 1.29 is 19.1 Å². The summed E-state index contributed by atoms with van der Waals surface area (Å²) in [5, 5.41) is 10.9. The van der Waals surface area contributed by atoms with E-state index in [4.69, 9.17) is 0 Å². The van der Waals surface area contributed by atoms with E-state index < -0.39 is 23.5 Å². The number of Topliss-reactive ketones (excluding diaryl/α,β-unsaturated/α-hetero) is 1. The summed E-state index contributed by atoms with van der Waals surface area (Å²) >= 11 is 0. The Hall–Kier alpha value is -3.80. The van der Waals surface area contributed by atoms with Crippen LogP contribution in [0.1, 0.15) is 22.7 Å². The van der Waals surface area contributed by atoms with Crippen LogP contribution in [0.5, 0.6) is 0 Å². The number of carbonyl (C=O) groups is 2. The van der Waals surface area contributed by atoms with Crippen molar-refractivity contribution in [2.24, 2.45) is 0 Å². The molecule has 1 amide bonds. The maximum Gasteiger partial charge on any atom is 0.295 e. The van der Waals surface area contributed by atoms with E-state index in [-0.39, 0.29) is 16.9 Å². The highest BCUT2D eigenvalue weighted by Gasteiger charge is 2.45. The van der Waals surface area contributed by atoms with Crippen LogP contribution >= 0.6 is 0 Å². The molecular formula is C24H19FN2O3. The second kappa shape index (κ2) is 8.29. The lowest BCUT2D eigenvalue weighted by atomic mass is 9.96. The van der Waals surface area contributed by atoms with Crippen molar-refractivity contribution in [2.45, 2.75) is 12.5 Å². The quantitative estimate of drug-likeness (QED) is 0.399. The summed E-state index contributed by atoms with van der Waals surface area (Å²) in [6.45, 7) is 0.300. The molecular weight excluding hydrogens is 383 g/mol. The van der Waals surface area contributed by atoms with Gasteiger partial charge in [-0.3, -0.25) is 14.6 Å². The third-order valence-electron chi connectivity index (χ3n) is 5.14. The molecule has 3 aromatic rings. The molecule has 0 spiro atoms. The number of hydrogen-bond donors (Lipinski definition) is 1. The number of ketones is 1. The van der Waals surface area contributed by atoms with Crippen molar-refractivity contribution in [3.63, 3.8) is 0 Å². The van der Waals surface area contributed by atoms with E-state index in [2.05, 4.69) is 4.98 Å². The van der Waals surface area contributed by atoms with Crippen LogP contribution in [-0.4, -0.2) is 33.2 Å². The third-order valence-corrected chi connectivity index (χ3v) is 5.14. The van der Waals surface area contributed by atoms with Crippen LogP contribution in [0, 0.1) is 5.82 Å². The zero-order chi connectivity index (χ0) is 21.1. The van der Waals surface area contributed by atoms with Gasteiger partial charge in [-0.15, -0.1) is 0 Å². The van der Waals surface area contributed by atoms with Gasteiger partial charge in [-0.05, 0) is 47.9 Å². The molecule has 2 heterocycles. The Morgan fingerprint density at radius 1 is 1.00 bits per heavy atom. The molecule has 0 aliphatic carbocycles. The van der Waals surface area contributed by atoms with Gasteiger partial charge in [-0.1, -0.05) is 36.4 Å². The lowest BCUT2D eigenvalue weighted by molar-refractivity contribution is -0.139. The molecule has 1 N–H and O–H groups in total. The van der Waals surface area contributed by atoms with Gasteiger partial charge in [-0.2, -0.15) is 0 Å². The maximum atomic E-state index is 13.3.